The summed E-state index contributed by atoms with van der Waals surface area (Å²) in [4.78, 5) is 26.7. The molecule has 0 spiro atoms. The zero-order valence-electron chi connectivity index (χ0n) is 15.2. The molecular formula is C18H25N5O2. The number of amides is 2. The molecule has 0 saturated carbocycles. The van der Waals surface area contributed by atoms with Crippen LogP contribution in [0.2, 0.25) is 0 Å². The quantitative estimate of drug-likeness (QED) is 0.888. The van der Waals surface area contributed by atoms with E-state index >= 15 is 0 Å². The van der Waals surface area contributed by atoms with Crippen LogP contribution in [-0.4, -0.2) is 50.6 Å². The van der Waals surface area contributed by atoms with Gasteiger partial charge in [-0.25, -0.2) is 0 Å². The molecule has 3 heterocycles. The second kappa shape index (κ2) is 6.74. The number of nitrogens with zero attached hydrogens (tertiary/aromatic N) is 3. The maximum absolute atomic E-state index is 12.6. The minimum atomic E-state index is -0.0872. The number of aromatic amines is 1. The van der Waals surface area contributed by atoms with Crippen molar-refractivity contribution in [2.45, 2.75) is 39.2 Å². The first-order valence-electron chi connectivity index (χ1n) is 8.64. The van der Waals surface area contributed by atoms with E-state index in [1.165, 1.54) is 0 Å². The van der Waals surface area contributed by atoms with Gasteiger partial charge in [0.1, 0.15) is 5.69 Å². The average molecular weight is 343 g/mol. The van der Waals surface area contributed by atoms with Gasteiger partial charge in [0.15, 0.2) is 0 Å². The lowest BCUT2D eigenvalue weighted by Crippen LogP contribution is -2.38. The van der Waals surface area contributed by atoms with Crippen molar-refractivity contribution in [3.63, 3.8) is 0 Å². The molecule has 134 valence electrons. The van der Waals surface area contributed by atoms with Crippen LogP contribution in [-0.2, 0) is 7.05 Å². The molecule has 0 bridgehead atoms. The summed E-state index contributed by atoms with van der Waals surface area (Å²) in [6.45, 7) is 7.16. The predicted octanol–water partition coefficient (Wildman–Crippen LogP) is 1.82. The van der Waals surface area contributed by atoms with E-state index in [1.807, 2.05) is 36.9 Å². The summed E-state index contributed by atoms with van der Waals surface area (Å²) in [5.41, 5.74) is 3.00. The number of nitrogens with one attached hydrogen (secondary N) is 2. The molecule has 1 atom stereocenters. The summed E-state index contributed by atoms with van der Waals surface area (Å²) in [5.74, 6) is 0.129. The van der Waals surface area contributed by atoms with Crippen LogP contribution in [0.3, 0.4) is 0 Å². The Morgan fingerprint density at radius 2 is 2.16 bits per heavy atom. The molecule has 25 heavy (non-hydrogen) atoms. The fourth-order valence-electron chi connectivity index (χ4n) is 3.08. The Morgan fingerprint density at radius 1 is 1.40 bits per heavy atom. The van der Waals surface area contributed by atoms with E-state index in [-0.39, 0.29) is 17.9 Å². The SMILES string of the molecule is Cc1c(C(=O)NC2CCN(C(=O)c3cc(C(C)C)[nH]n3)C2)ccn1C. The van der Waals surface area contributed by atoms with Gasteiger partial charge in [0.25, 0.3) is 11.8 Å². The number of hydrogen-bond donors (Lipinski definition) is 2. The van der Waals surface area contributed by atoms with Crippen LogP contribution >= 0.6 is 0 Å². The molecule has 7 heteroatoms. The smallest absolute Gasteiger partial charge is 0.274 e. The van der Waals surface area contributed by atoms with Crippen LogP contribution in [0.1, 0.15) is 58.4 Å². The van der Waals surface area contributed by atoms with Gasteiger partial charge in [-0.15, -0.1) is 0 Å². The molecule has 0 aromatic carbocycles. The fraction of sp³-hybridized carbons (Fsp3) is 0.500. The van der Waals surface area contributed by atoms with Crippen molar-refractivity contribution in [3.05, 3.63) is 41.0 Å². The third kappa shape index (κ3) is 3.45. The van der Waals surface area contributed by atoms with Crippen LogP contribution in [0.15, 0.2) is 18.3 Å². The predicted molar refractivity (Wildman–Crippen MR) is 94.6 cm³/mol. The number of H-pyrrole nitrogens is 1. The molecule has 0 radical (unpaired) electrons. The topological polar surface area (TPSA) is 83.0 Å². The highest BCUT2D eigenvalue weighted by atomic mass is 16.2. The number of rotatable bonds is 4. The van der Waals surface area contributed by atoms with E-state index in [2.05, 4.69) is 29.4 Å². The summed E-state index contributed by atoms with van der Waals surface area (Å²) in [7, 11) is 1.91. The second-order valence-electron chi connectivity index (χ2n) is 7.00. The Hall–Kier alpha value is -2.57. The van der Waals surface area contributed by atoms with Crippen molar-refractivity contribution in [1.29, 1.82) is 0 Å². The molecule has 1 aliphatic heterocycles. The Morgan fingerprint density at radius 3 is 2.76 bits per heavy atom. The molecule has 3 rings (SSSR count). The number of carbonyl (C=O) groups is 2. The van der Waals surface area contributed by atoms with E-state index < -0.39 is 0 Å². The Labute approximate surface area is 147 Å². The molecule has 1 saturated heterocycles. The Bertz CT molecular complexity index is 789. The zero-order chi connectivity index (χ0) is 18.1. The molecule has 2 aromatic rings. The van der Waals surface area contributed by atoms with Gasteiger partial charge < -0.3 is 14.8 Å². The molecule has 0 aliphatic carbocycles. The first-order chi connectivity index (χ1) is 11.9. The highest BCUT2D eigenvalue weighted by Crippen LogP contribution is 2.17. The van der Waals surface area contributed by atoms with Crippen LogP contribution in [0.5, 0.6) is 0 Å². The summed E-state index contributed by atoms with van der Waals surface area (Å²) in [6, 6.07) is 3.60. The molecular weight excluding hydrogens is 318 g/mol. The normalized spacial score (nSPS) is 17.3. The maximum Gasteiger partial charge on any atom is 0.274 e. The maximum atomic E-state index is 12.6. The van der Waals surface area contributed by atoms with Gasteiger partial charge in [-0.2, -0.15) is 5.10 Å². The first kappa shape index (κ1) is 17.3. The lowest BCUT2D eigenvalue weighted by molar-refractivity contribution is 0.0777. The third-order valence-corrected chi connectivity index (χ3v) is 4.88. The minimum Gasteiger partial charge on any atom is -0.354 e. The average Bonchev–Trinajstić information content (AvgIpc) is 3.28. The van der Waals surface area contributed by atoms with Crippen molar-refractivity contribution in [3.8, 4) is 0 Å². The van der Waals surface area contributed by atoms with Gasteiger partial charge in [-0.05, 0) is 31.4 Å². The van der Waals surface area contributed by atoms with Crippen molar-refractivity contribution < 1.29 is 9.59 Å². The number of carbonyl (C=O) groups excluding carboxylic acids is 2. The first-order valence-corrected chi connectivity index (χ1v) is 8.64. The van der Waals surface area contributed by atoms with Crippen LogP contribution < -0.4 is 5.32 Å². The van der Waals surface area contributed by atoms with Crippen LogP contribution in [0.25, 0.3) is 0 Å². The molecule has 1 aliphatic rings. The second-order valence-corrected chi connectivity index (χ2v) is 7.00. The van der Waals surface area contributed by atoms with Gasteiger partial charge in [-0.1, -0.05) is 13.8 Å². The monoisotopic (exact) mass is 343 g/mol. The van der Waals surface area contributed by atoms with E-state index in [0.717, 1.165) is 17.8 Å². The van der Waals surface area contributed by atoms with E-state index in [0.29, 0.717) is 30.3 Å². The summed E-state index contributed by atoms with van der Waals surface area (Å²) >= 11 is 0. The van der Waals surface area contributed by atoms with E-state index in [4.69, 9.17) is 0 Å². The Balaban J connectivity index is 1.60. The van der Waals surface area contributed by atoms with Crippen molar-refractivity contribution in [1.82, 2.24) is 25.0 Å². The molecule has 1 fully saturated rings. The third-order valence-electron chi connectivity index (χ3n) is 4.88. The number of hydrogen-bond acceptors (Lipinski definition) is 3. The van der Waals surface area contributed by atoms with E-state index in [1.54, 1.807) is 4.90 Å². The summed E-state index contributed by atoms with van der Waals surface area (Å²) < 4.78 is 1.92. The Kier molecular flexibility index (Phi) is 4.65. The van der Waals surface area contributed by atoms with Crippen molar-refractivity contribution >= 4 is 11.8 Å². The zero-order valence-corrected chi connectivity index (χ0v) is 15.2. The van der Waals surface area contributed by atoms with E-state index in [9.17, 15) is 9.59 Å². The van der Waals surface area contributed by atoms with Gasteiger partial charge in [0, 0.05) is 43.8 Å². The van der Waals surface area contributed by atoms with Gasteiger partial charge in [0.2, 0.25) is 0 Å². The molecule has 7 nitrogen and oxygen atoms in total. The standard InChI is InChI=1S/C18H25N5O2/c1-11(2)15-9-16(21-20-15)18(25)23-8-5-13(10-23)19-17(24)14-6-7-22(4)12(14)3/h6-7,9,11,13H,5,8,10H2,1-4H3,(H,19,24)(H,20,21). The largest absolute Gasteiger partial charge is 0.354 e. The van der Waals surface area contributed by atoms with Crippen LogP contribution in [0.4, 0.5) is 0 Å². The molecule has 2 N–H and O–H groups in total. The fourth-order valence-corrected chi connectivity index (χ4v) is 3.08. The number of likely N-dealkylation sites (tertiary alicyclic amines) is 1. The lowest BCUT2D eigenvalue weighted by atomic mass is 10.1. The van der Waals surface area contributed by atoms with Gasteiger partial charge >= 0.3 is 0 Å². The van der Waals surface area contributed by atoms with Gasteiger partial charge in [-0.3, -0.25) is 14.7 Å². The van der Waals surface area contributed by atoms with Crippen LogP contribution in [0, 0.1) is 6.92 Å². The highest BCUT2D eigenvalue weighted by Gasteiger charge is 2.29. The minimum absolute atomic E-state index is 0.0282. The van der Waals surface area contributed by atoms with Gasteiger partial charge in [0.05, 0.1) is 5.56 Å². The lowest BCUT2D eigenvalue weighted by Gasteiger charge is -2.16. The number of aryl methyl sites for hydroxylation is 1. The molecule has 2 aromatic heterocycles. The van der Waals surface area contributed by atoms with Crippen molar-refractivity contribution in [2.75, 3.05) is 13.1 Å². The summed E-state index contributed by atoms with van der Waals surface area (Å²) in [6.07, 6.45) is 2.63. The molecule has 1 unspecified atom stereocenters. The highest BCUT2D eigenvalue weighted by molar-refractivity contribution is 5.96. The van der Waals surface area contributed by atoms with Crippen molar-refractivity contribution in [2.24, 2.45) is 7.05 Å². The molecule has 2 amide bonds. The summed E-state index contributed by atoms with van der Waals surface area (Å²) in [5, 5.41) is 10.1. The number of aromatic nitrogens is 3.